The van der Waals surface area contributed by atoms with E-state index in [9.17, 15) is 18.0 Å². The van der Waals surface area contributed by atoms with Crippen molar-refractivity contribution in [1.29, 1.82) is 0 Å². The van der Waals surface area contributed by atoms with E-state index in [0.29, 0.717) is 25.3 Å². The first kappa shape index (κ1) is 19.1. The number of likely N-dealkylation sites (tertiary alicyclic amines) is 2. The summed E-state index contributed by atoms with van der Waals surface area (Å²) in [6.45, 7) is 3.83. The number of carbonyl (C=O) groups is 1. The second kappa shape index (κ2) is 7.28. The maximum absolute atomic E-state index is 13.1. The number of aryl methyl sites for hydroxylation is 1. The van der Waals surface area contributed by atoms with Crippen LogP contribution in [0.2, 0.25) is 0 Å². The largest absolute Gasteiger partial charge is 0.390 e. The van der Waals surface area contributed by atoms with E-state index in [4.69, 9.17) is 0 Å². The SMILES string of the molecule is Cc1ccccc1[C@@H]1[C@H]2CN(CCC(F)(F)F)C[C@H]2CN1C(=O)c1ccc[nH]1. The van der Waals surface area contributed by atoms with Crippen molar-refractivity contribution in [3.05, 3.63) is 59.4 Å². The highest BCUT2D eigenvalue weighted by Crippen LogP contribution is 2.46. The number of amides is 1. The van der Waals surface area contributed by atoms with E-state index < -0.39 is 12.6 Å². The third-order valence-electron chi connectivity index (χ3n) is 6.05. The van der Waals surface area contributed by atoms with Crippen LogP contribution in [-0.4, -0.2) is 53.0 Å². The number of hydrogen-bond donors (Lipinski definition) is 1. The number of nitrogens with zero attached hydrogens (tertiary/aromatic N) is 2. The van der Waals surface area contributed by atoms with Crippen molar-refractivity contribution >= 4 is 5.91 Å². The summed E-state index contributed by atoms with van der Waals surface area (Å²) in [6, 6.07) is 11.4. The fraction of sp³-hybridized carbons (Fsp3) is 0.476. The number of H-pyrrole nitrogens is 1. The molecule has 0 unspecified atom stereocenters. The van der Waals surface area contributed by atoms with E-state index in [0.717, 1.165) is 11.1 Å². The molecule has 3 heterocycles. The molecule has 150 valence electrons. The molecule has 1 amide bonds. The number of carbonyl (C=O) groups excluding carboxylic acids is 1. The zero-order chi connectivity index (χ0) is 19.9. The van der Waals surface area contributed by atoms with Gasteiger partial charge in [-0.1, -0.05) is 24.3 Å². The van der Waals surface area contributed by atoms with Gasteiger partial charge in [0.25, 0.3) is 5.91 Å². The molecule has 2 fully saturated rings. The Balaban J connectivity index is 1.59. The molecule has 0 spiro atoms. The van der Waals surface area contributed by atoms with E-state index in [1.165, 1.54) is 0 Å². The van der Waals surface area contributed by atoms with Crippen LogP contribution >= 0.6 is 0 Å². The number of alkyl halides is 3. The van der Waals surface area contributed by atoms with E-state index in [-0.39, 0.29) is 30.3 Å². The van der Waals surface area contributed by atoms with Crippen molar-refractivity contribution in [2.24, 2.45) is 11.8 Å². The molecule has 2 aliphatic rings. The summed E-state index contributed by atoms with van der Waals surface area (Å²) in [4.78, 5) is 19.9. The number of hydrogen-bond acceptors (Lipinski definition) is 2. The van der Waals surface area contributed by atoms with E-state index in [1.54, 1.807) is 18.3 Å². The number of nitrogens with one attached hydrogen (secondary N) is 1. The Hall–Kier alpha value is -2.28. The molecule has 2 aromatic rings. The van der Waals surface area contributed by atoms with Crippen LogP contribution in [0.4, 0.5) is 13.2 Å². The summed E-state index contributed by atoms with van der Waals surface area (Å²) < 4.78 is 37.9. The lowest BCUT2D eigenvalue weighted by Crippen LogP contribution is -2.36. The highest BCUT2D eigenvalue weighted by atomic mass is 19.4. The van der Waals surface area contributed by atoms with Gasteiger partial charge in [0.1, 0.15) is 5.69 Å². The molecule has 0 radical (unpaired) electrons. The quantitative estimate of drug-likeness (QED) is 0.855. The molecule has 0 saturated carbocycles. The molecular weight excluding hydrogens is 367 g/mol. The smallest absolute Gasteiger partial charge is 0.357 e. The van der Waals surface area contributed by atoms with Crippen molar-refractivity contribution in [3.8, 4) is 0 Å². The standard InChI is InChI=1S/C21H24F3N3O/c1-14-5-2-3-6-16(14)19-17-13-26(10-8-21(22,23)24)11-15(17)12-27(19)20(28)18-7-4-9-25-18/h2-7,9,15,17,19,25H,8,10-13H2,1H3/t15-,17-,19+/m0/s1. The zero-order valence-electron chi connectivity index (χ0n) is 15.7. The van der Waals surface area contributed by atoms with Crippen LogP contribution in [0.3, 0.4) is 0 Å². The Morgan fingerprint density at radius 2 is 1.93 bits per heavy atom. The number of halogens is 3. The average Bonchev–Trinajstić information content (AvgIpc) is 3.35. The zero-order valence-corrected chi connectivity index (χ0v) is 15.7. The van der Waals surface area contributed by atoms with Crippen molar-refractivity contribution in [3.63, 3.8) is 0 Å². The van der Waals surface area contributed by atoms with Crippen LogP contribution < -0.4 is 0 Å². The predicted molar refractivity (Wildman–Crippen MR) is 99.8 cm³/mol. The van der Waals surface area contributed by atoms with Gasteiger partial charge in [-0.15, -0.1) is 0 Å². The van der Waals surface area contributed by atoms with Crippen LogP contribution in [-0.2, 0) is 0 Å². The lowest BCUT2D eigenvalue weighted by atomic mass is 9.87. The van der Waals surface area contributed by atoms with E-state index in [2.05, 4.69) is 4.98 Å². The Morgan fingerprint density at radius 3 is 2.61 bits per heavy atom. The van der Waals surface area contributed by atoms with Gasteiger partial charge in [-0.2, -0.15) is 13.2 Å². The molecule has 7 heteroatoms. The van der Waals surface area contributed by atoms with Gasteiger partial charge in [0.2, 0.25) is 0 Å². The number of aromatic amines is 1. The summed E-state index contributed by atoms with van der Waals surface area (Å²) >= 11 is 0. The van der Waals surface area contributed by atoms with Gasteiger partial charge >= 0.3 is 6.18 Å². The Kier molecular flexibility index (Phi) is 4.95. The molecule has 0 aliphatic carbocycles. The molecule has 4 rings (SSSR count). The minimum absolute atomic E-state index is 0.0293. The van der Waals surface area contributed by atoms with Crippen LogP contribution in [0.15, 0.2) is 42.6 Å². The maximum Gasteiger partial charge on any atom is 0.390 e. The molecule has 4 nitrogen and oxygen atoms in total. The monoisotopic (exact) mass is 391 g/mol. The van der Waals surface area contributed by atoms with Crippen molar-refractivity contribution in [2.75, 3.05) is 26.2 Å². The second-order valence-electron chi connectivity index (χ2n) is 7.89. The Morgan fingerprint density at radius 1 is 1.14 bits per heavy atom. The highest BCUT2D eigenvalue weighted by Gasteiger charge is 2.49. The lowest BCUT2D eigenvalue weighted by Gasteiger charge is -2.30. The number of benzene rings is 1. The summed E-state index contributed by atoms with van der Waals surface area (Å²) in [5, 5.41) is 0. The Bertz CT molecular complexity index is 834. The van der Waals surface area contributed by atoms with Gasteiger partial charge in [-0.25, -0.2) is 0 Å². The van der Waals surface area contributed by atoms with E-state index >= 15 is 0 Å². The van der Waals surface area contributed by atoms with Gasteiger partial charge in [0, 0.05) is 38.3 Å². The molecule has 2 saturated heterocycles. The molecule has 1 aromatic heterocycles. The molecule has 1 N–H and O–H groups in total. The fourth-order valence-electron chi connectivity index (χ4n) is 4.75. The highest BCUT2D eigenvalue weighted by molar-refractivity contribution is 5.93. The molecule has 28 heavy (non-hydrogen) atoms. The molecule has 0 bridgehead atoms. The minimum Gasteiger partial charge on any atom is -0.357 e. The number of fused-ring (bicyclic) bond motifs is 1. The Labute approximate surface area is 162 Å². The lowest BCUT2D eigenvalue weighted by molar-refractivity contribution is -0.137. The molecular formula is C21H24F3N3O. The van der Waals surface area contributed by atoms with Gasteiger partial charge in [-0.05, 0) is 36.1 Å². The summed E-state index contributed by atoms with van der Waals surface area (Å²) in [7, 11) is 0. The van der Waals surface area contributed by atoms with Crippen LogP contribution in [0, 0.1) is 18.8 Å². The summed E-state index contributed by atoms with van der Waals surface area (Å²) in [5.74, 6) is 0.291. The molecule has 2 aliphatic heterocycles. The topological polar surface area (TPSA) is 39.3 Å². The normalized spacial score (nSPS) is 25.3. The fourth-order valence-corrected chi connectivity index (χ4v) is 4.75. The summed E-state index contributed by atoms with van der Waals surface area (Å²) in [6.07, 6.45) is -3.19. The van der Waals surface area contributed by atoms with Crippen molar-refractivity contribution in [2.45, 2.75) is 25.6 Å². The van der Waals surface area contributed by atoms with E-state index in [1.807, 2.05) is 41.0 Å². The van der Waals surface area contributed by atoms with Gasteiger partial charge in [0.05, 0.1) is 12.5 Å². The third kappa shape index (κ3) is 3.68. The number of rotatable bonds is 4. The first-order valence-electron chi connectivity index (χ1n) is 9.62. The second-order valence-corrected chi connectivity index (χ2v) is 7.89. The average molecular weight is 391 g/mol. The predicted octanol–water partition coefficient (Wildman–Crippen LogP) is 4.02. The first-order chi connectivity index (χ1) is 13.3. The molecule has 1 aromatic carbocycles. The van der Waals surface area contributed by atoms with Crippen molar-refractivity contribution < 1.29 is 18.0 Å². The van der Waals surface area contributed by atoms with Crippen molar-refractivity contribution in [1.82, 2.24) is 14.8 Å². The molecule has 3 atom stereocenters. The maximum atomic E-state index is 13.1. The van der Waals surface area contributed by atoms with Crippen LogP contribution in [0.5, 0.6) is 0 Å². The summed E-state index contributed by atoms with van der Waals surface area (Å²) in [5.41, 5.74) is 2.74. The van der Waals surface area contributed by atoms with Crippen LogP contribution in [0.1, 0.15) is 34.1 Å². The number of aromatic nitrogens is 1. The minimum atomic E-state index is -4.14. The van der Waals surface area contributed by atoms with Gasteiger partial charge in [-0.3, -0.25) is 4.79 Å². The first-order valence-corrected chi connectivity index (χ1v) is 9.62. The third-order valence-corrected chi connectivity index (χ3v) is 6.05. The van der Waals surface area contributed by atoms with Crippen LogP contribution in [0.25, 0.3) is 0 Å². The van der Waals surface area contributed by atoms with Gasteiger partial charge < -0.3 is 14.8 Å². The van der Waals surface area contributed by atoms with Gasteiger partial charge in [0.15, 0.2) is 0 Å².